The zero-order valence-corrected chi connectivity index (χ0v) is 18.3. The van der Waals surface area contributed by atoms with Crippen LogP contribution in [-0.4, -0.2) is 45.0 Å². The predicted molar refractivity (Wildman–Crippen MR) is 115 cm³/mol. The molecule has 0 spiro atoms. The number of thiazole rings is 1. The van der Waals surface area contributed by atoms with Crippen molar-refractivity contribution >= 4 is 65.0 Å². The molecule has 0 bridgehead atoms. The zero-order valence-electron chi connectivity index (χ0n) is 14.3. The summed E-state index contributed by atoms with van der Waals surface area (Å²) in [6.07, 6.45) is 3.65. The number of carbonyl (C=O) groups is 1. The average Bonchev–Trinajstić information content (AvgIpc) is 3.34. The molecule has 1 N–H and O–H groups in total. The first-order valence-electron chi connectivity index (χ1n) is 7.83. The Hall–Kier alpha value is -1.16. The third-order valence-electron chi connectivity index (χ3n) is 4.17. The summed E-state index contributed by atoms with van der Waals surface area (Å²) in [6, 6.07) is 3.68. The summed E-state index contributed by atoms with van der Waals surface area (Å²) < 4.78 is 2.67. The largest absolute Gasteiger partial charge is 0.336 e. The lowest BCUT2D eigenvalue weighted by molar-refractivity contribution is 0.0615. The second kappa shape index (κ2) is 9.36. The highest BCUT2D eigenvalue weighted by Crippen LogP contribution is 2.33. The van der Waals surface area contributed by atoms with Gasteiger partial charge in [-0.15, -0.1) is 47.5 Å². The van der Waals surface area contributed by atoms with Crippen molar-refractivity contribution in [2.75, 3.05) is 19.6 Å². The Morgan fingerprint density at radius 1 is 1.37 bits per heavy atom. The van der Waals surface area contributed by atoms with E-state index in [1.54, 1.807) is 6.20 Å². The van der Waals surface area contributed by atoms with Crippen molar-refractivity contribution in [2.24, 2.45) is 7.05 Å². The van der Waals surface area contributed by atoms with Gasteiger partial charge in [0.15, 0.2) is 0 Å². The molecule has 1 aliphatic heterocycles. The lowest BCUT2D eigenvalue weighted by Crippen LogP contribution is -2.49. The molecule has 0 aliphatic carbocycles. The summed E-state index contributed by atoms with van der Waals surface area (Å²) in [4.78, 5) is 24.8. The molecule has 11 heteroatoms. The maximum atomic E-state index is 13.0. The molecule has 1 amide bonds. The molecule has 0 saturated carbocycles. The minimum Gasteiger partial charge on any atom is -0.336 e. The number of aromatic nitrogens is 3. The number of nitrogens with zero attached hydrogens (tertiary/aromatic N) is 4. The molecular weight excluding hydrogens is 449 g/mol. The monoisotopic (exact) mass is 465 g/mol. The molecule has 3 aromatic heterocycles. The third kappa shape index (κ3) is 4.47. The van der Waals surface area contributed by atoms with Crippen LogP contribution in [0, 0.1) is 0 Å². The second-order valence-electron chi connectivity index (χ2n) is 5.76. The number of hydrogen-bond acceptors (Lipinski definition) is 6. The fourth-order valence-corrected chi connectivity index (χ4v) is 4.85. The number of halogens is 3. The fourth-order valence-electron chi connectivity index (χ4n) is 2.94. The van der Waals surface area contributed by atoms with Crippen LogP contribution in [0.3, 0.4) is 0 Å². The maximum Gasteiger partial charge on any atom is 0.274 e. The maximum absolute atomic E-state index is 13.0. The normalized spacial score (nSPS) is 16.5. The van der Waals surface area contributed by atoms with E-state index in [1.165, 1.54) is 22.7 Å². The van der Waals surface area contributed by atoms with Crippen molar-refractivity contribution in [3.63, 3.8) is 0 Å². The fraction of sp³-hybridized carbons (Fsp3) is 0.312. The number of hydrogen-bond donors (Lipinski definition) is 1. The Morgan fingerprint density at radius 3 is 2.85 bits per heavy atom. The smallest absolute Gasteiger partial charge is 0.274 e. The molecule has 1 fully saturated rings. The summed E-state index contributed by atoms with van der Waals surface area (Å²) in [5, 5.41) is 5.99. The molecule has 1 saturated heterocycles. The number of amides is 1. The van der Waals surface area contributed by atoms with E-state index < -0.39 is 0 Å². The number of nitrogens with one attached hydrogen (secondary N) is 1. The van der Waals surface area contributed by atoms with Gasteiger partial charge >= 0.3 is 0 Å². The third-order valence-corrected chi connectivity index (χ3v) is 6.41. The topological polar surface area (TPSA) is 63.1 Å². The van der Waals surface area contributed by atoms with Gasteiger partial charge in [0, 0.05) is 44.5 Å². The summed E-state index contributed by atoms with van der Waals surface area (Å²) in [5.41, 5.74) is 0.477. The van der Waals surface area contributed by atoms with Crippen LogP contribution in [0.2, 0.25) is 4.34 Å². The zero-order chi connectivity index (χ0) is 17.4. The summed E-state index contributed by atoms with van der Waals surface area (Å²) in [7, 11) is 1.95. The first-order chi connectivity index (χ1) is 12.1. The van der Waals surface area contributed by atoms with E-state index in [1.807, 2.05) is 40.2 Å². The molecule has 4 rings (SSSR count). The molecule has 0 aromatic carbocycles. The van der Waals surface area contributed by atoms with Gasteiger partial charge < -0.3 is 14.8 Å². The minimum atomic E-state index is -0.0948. The molecule has 1 unspecified atom stereocenters. The Balaban J connectivity index is 0.00000131. The first kappa shape index (κ1) is 22.1. The Kier molecular flexibility index (Phi) is 7.67. The van der Waals surface area contributed by atoms with Gasteiger partial charge in [0.2, 0.25) is 0 Å². The number of imidazole rings is 1. The van der Waals surface area contributed by atoms with Gasteiger partial charge in [0.25, 0.3) is 5.91 Å². The van der Waals surface area contributed by atoms with E-state index in [9.17, 15) is 4.79 Å². The second-order valence-corrected chi connectivity index (χ2v) is 8.33. The number of piperazine rings is 1. The van der Waals surface area contributed by atoms with Crippen LogP contribution in [-0.2, 0) is 7.05 Å². The highest BCUT2D eigenvalue weighted by atomic mass is 35.5. The highest BCUT2D eigenvalue weighted by molar-refractivity contribution is 7.23. The van der Waals surface area contributed by atoms with Gasteiger partial charge in [-0.05, 0) is 12.1 Å². The lowest BCUT2D eigenvalue weighted by atomic mass is 10.1. The predicted octanol–water partition coefficient (Wildman–Crippen LogP) is 3.89. The molecular formula is C16H18Cl3N5OS2. The Labute approximate surface area is 182 Å². The Bertz CT molecular complexity index is 909. The van der Waals surface area contributed by atoms with Gasteiger partial charge in [0.05, 0.1) is 9.21 Å². The van der Waals surface area contributed by atoms with Gasteiger partial charge in [-0.2, -0.15) is 0 Å². The molecule has 1 atom stereocenters. The van der Waals surface area contributed by atoms with Crippen LogP contribution in [0.4, 0.5) is 0 Å². The van der Waals surface area contributed by atoms with Crippen molar-refractivity contribution in [1.82, 2.24) is 24.8 Å². The molecule has 3 aromatic rings. The molecule has 4 heterocycles. The minimum absolute atomic E-state index is 0. The summed E-state index contributed by atoms with van der Waals surface area (Å²) in [5.74, 6) is 0.820. The van der Waals surface area contributed by atoms with E-state index >= 15 is 0 Å². The number of thiophene rings is 1. The van der Waals surface area contributed by atoms with E-state index in [-0.39, 0.29) is 36.8 Å². The van der Waals surface area contributed by atoms with Crippen molar-refractivity contribution in [1.29, 1.82) is 0 Å². The van der Waals surface area contributed by atoms with Gasteiger partial charge in [-0.3, -0.25) is 4.79 Å². The van der Waals surface area contributed by atoms with Crippen LogP contribution in [0.1, 0.15) is 22.4 Å². The Morgan fingerprint density at radius 2 is 2.19 bits per heavy atom. The summed E-state index contributed by atoms with van der Waals surface area (Å²) >= 11 is 8.93. The number of rotatable bonds is 3. The number of aryl methyl sites for hydroxylation is 1. The van der Waals surface area contributed by atoms with Crippen LogP contribution >= 0.6 is 59.1 Å². The first-order valence-corrected chi connectivity index (χ1v) is 9.91. The van der Waals surface area contributed by atoms with Crippen LogP contribution in [0.25, 0.3) is 9.88 Å². The van der Waals surface area contributed by atoms with Crippen molar-refractivity contribution in [3.8, 4) is 9.88 Å². The molecule has 1 aliphatic rings. The molecule has 27 heavy (non-hydrogen) atoms. The summed E-state index contributed by atoms with van der Waals surface area (Å²) in [6.45, 7) is 2.09. The lowest BCUT2D eigenvalue weighted by Gasteiger charge is -2.35. The SMILES string of the molecule is Cl.Cl.Cn1ccnc1C1CNCCN1C(=O)c1csc(-c2ccc(Cl)s2)n1. The van der Waals surface area contributed by atoms with Gasteiger partial charge in [-0.1, -0.05) is 11.6 Å². The average molecular weight is 467 g/mol. The van der Waals surface area contributed by atoms with Crippen molar-refractivity contribution in [2.45, 2.75) is 6.04 Å². The van der Waals surface area contributed by atoms with Gasteiger partial charge in [0.1, 0.15) is 22.6 Å². The number of carbonyl (C=O) groups excluding carboxylic acids is 1. The van der Waals surface area contributed by atoms with Crippen molar-refractivity contribution in [3.05, 3.63) is 45.8 Å². The quantitative estimate of drug-likeness (QED) is 0.636. The molecule has 0 radical (unpaired) electrons. The van der Waals surface area contributed by atoms with E-state index in [0.717, 1.165) is 26.6 Å². The van der Waals surface area contributed by atoms with Crippen LogP contribution in [0.5, 0.6) is 0 Å². The van der Waals surface area contributed by atoms with Gasteiger partial charge in [-0.25, -0.2) is 9.97 Å². The van der Waals surface area contributed by atoms with E-state index in [0.29, 0.717) is 18.8 Å². The molecule has 146 valence electrons. The van der Waals surface area contributed by atoms with Crippen molar-refractivity contribution < 1.29 is 4.79 Å². The molecule has 6 nitrogen and oxygen atoms in total. The van der Waals surface area contributed by atoms with Crippen LogP contribution < -0.4 is 5.32 Å². The standard InChI is InChI=1S/C16H16ClN5OS2.2ClH/c1-21-6-5-19-14(21)11-8-18-4-7-22(11)16(23)10-9-24-15(20-10)12-2-3-13(17)25-12;;/h2-3,5-6,9,11,18H,4,7-8H2,1H3;2*1H. The van der Waals surface area contributed by atoms with Crippen LogP contribution in [0.15, 0.2) is 29.9 Å². The highest BCUT2D eigenvalue weighted by Gasteiger charge is 2.32. The van der Waals surface area contributed by atoms with E-state index in [2.05, 4.69) is 15.3 Å². The van der Waals surface area contributed by atoms with E-state index in [4.69, 9.17) is 11.6 Å².